The molecule has 0 saturated carbocycles. The van der Waals surface area contributed by atoms with Crippen molar-refractivity contribution in [2.75, 3.05) is 0 Å². The molecule has 0 aliphatic carbocycles. The van der Waals surface area contributed by atoms with Gasteiger partial charge < -0.3 is 14.1 Å². The van der Waals surface area contributed by atoms with Crippen LogP contribution >= 0.6 is 0 Å². The van der Waals surface area contributed by atoms with Crippen molar-refractivity contribution >= 4 is 9.17 Å². The van der Waals surface area contributed by atoms with Crippen LogP contribution in [0.4, 0.5) is 0 Å². The summed E-state index contributed by atoms with van der Waals surface area (Å²) in [7, 11) is -3.63. The summed E-state index contributed by atoms with van der Waals surface area (Å²) >= 11 is -9.96. The van der Waals surface area contributed by atoms with Gasteiger partial charge in [-0.2, -0.15) is 0 Å². The zero-order valence-corrected chi connectivity index (χ0v) is 24.8. The average Bonchev–Trinajstić information content (AvgIpc) is 1.50. The Hall–Kier alpha value is 4.97. The van der Waals surface area contributed by atoms with E-state index in [1.165, 1.54) is 0 Å². The molecule has 18 heteroatoms. The number of hydrogen-bond acceptors (Lipinski definition) is 10. The maximum absolute atomic E-state index is 8.63. The Kier molecular flexibility index (Phi) is 92.2. The molecule has 0 unspecified atom stereocenters. The third-order valence-electron chi connectivity index (χ3n) is 0. The molecule has 0 spiro atoms. The summed E-state index contributed by atoms with van der Waals surface area (Å²) in [5.41, 5.74) is 0. The van der Waals surface area contributed by atoms with Crippen LogP contribution < -0.4 is 169 Å². The van der Waals surface area contributed by atoms with Gasteiger partial charge in [0, 0.05) is 9.17 Å². The standard InChI is InChI=1S/Mo.5Na.O3Si.7O.V/c;;;;;;1-4(2)3;;;;;;;;/q;5*+1;-2;;;;;3*-1;. The molecule has 0 rings (SSSR count). The molecule has 0 heterocycles. The Morgan fingerprint density at radius 3 is 0.833 bits per heavy atom. The fourth-order valence-electron chi connectivity index (χ4n) is 0. The molecular formula is MoNa5O10SiV. The van der Waals surface area contributed by atoms with Gasteiger partial charge >= 0.3 is 206 Å². The van der Waals surface area contributed by atoms with Crippen LogP contribution in [0.3, 0.4) is 0 Å². The van der Waals surface area contributed by atoms with Crippen LogP contribution in [0.1, 0.15) is 0 Å². The van der Waals surface area contributed by atoms with E-state index in [-0.39, 0.29) is 148 Å². The molecule has 18 heavy (non-hydrogen) atoms. The van der Waals surface area contributed by atoms with E-state index in [4.69, 9.17) is 39.7 Å². The number of rotatable bonds is 0. The SMILES string of the molecule is O=[Si]([O-])[O-].[Na+].[Na+].[Na+].[Na+].[Na+].[O]=[Mo](=[O])([O-])[O-].[O]=[V](=[O])[O-]. The summed E-state index contributed by atoms with van der Waals surface area (Å²) in [5, 5.41) is 0. The first-order valence-corrected chi connectivity index (χ1v) is 8.04. The van der Waals surface area contributed by atoms with Crippen LogP contribution in [-0.4, -0.2) is 9.17 Å². The van der Waals surface area contributed by atoms with Crippen LogP contribution in [0.25, 0.3) is 0 Å². The molecule has 0 aromatic rings. The van der Waals surface area contributed by atoms with E-state index in [0.717, 1.165) is 0 Å². The van der Waals surface area contributed by atoms with Crippen molar-refractivity contribution in [1.29, 1.82) is 0 Å². The zero-order valence-electron chi connectivity index (χ0n) is 10.4. The van der Waals surface area contributed by atoms with E-state index in [9.17, 15) is 0 Å². The fourth-order valence-corrected chi connectivity index (χ4v) is 0. The minimum absolute atomic E-state index is 0. The van der Waals surface area contributed by atoms with E-state index in [0.29, 0.717) is 0 Å². The summed E-state index contributed by atoms with van der Waals surface area (Å²) in [4.78, 5) is 17.0. The van der Waals surface area contributed by atoms with Crippen LogP contribution in [0, 0.1) is 0 Å². The third-order valence-corrected chi connectivity index (χ3v) is 0. The van der Waals surface area contributed by atoms with Crippen molar-refractivity contribution in [2.24, 2.45) is 0 Å². The normalized spacial score (nSPS) is 5.94. The summed E-state index contributed by atoms with van der Waals surface area (Å²) in [6.07, 6.45) is 0. The van der Waals surface area contributed by atoms with Gasteiger partial charge in [0.05, 0.1) is 0 Å². The second-order valence-electron chi connectivity index (χ2n) is 0.882. The quantitative estimate of drug-likeness (QED) is 0.319. The molecule has 0 radical (unpaired) electrons. The van der Waals surface area contributed by atoms with Crippen LogP contribution in [0.2, 0.25) is 0 Å². The molecule has 0 N–H and O–H groups in total. The van der Waals surface area contributed by atoms with Gasteiger partial charge in [-0.15, -0.1) is 0 Å². The Labute approximate surface area is 223 Å². The molecule has 0 aliphatic heterocycles. The van der Waals surface area contributed by atoms with Crippen molar-refractivity contribution in [3.63, 3.8) is 0 Å². The van der Waals surface area contributed by atoms with E-state index in [1.54, 1.807) is 0 Å². The third kappa shape index (κ3) is 339. The first kappa shape index (κ1) is 49.5. The summed E-state index contributed by atoms with van der Waals surface area (Å²) in [5.74, 6) is 0. The van der Waals surface area contributed by atoms with Crippen LogP contribution in [-0.2, 0) is 50.8 Å². The first-order valence-electron chi connectivity index (χ1n) is 1.83. The van der Waals surface area contributed by atoms with Gasteiger partial charge in [-0.1, -0.05) is 0 Å². The van der Waals surface area contributed by atoms with E-state index in [1.807, 2.05) is 0 Å². The summed E-state index contributed by atoms with van der Waals surface area (Å²) in [6, 6.07) is 0. The van der Waals surface area contributed by atoms with Crippen molar-refractivity contribution in [2.45, 2.75) is 0 Å². The Balaban J connectivity index is -0.0000000123. The molecule has 0 amide bonds. The molecule has 0 saturated heterocycles. The average molecular weight is 450 g/mol. The molecule has 0 bridgehead atoms. The van der Waals surface area contributed by atoms with Crippen LogP contribution in [0.15, 0.2) is 0 Å². The van der Waals surface area contributed by atoms with Gasteiger partial charge in [-0.3, -0.25) is 0 Å². The Morgan fingerprint density at radius 1 is 0.833 bits per heavy atom. The van der Waals surface area contributed by atoms with Crippen LogP contribution in [0.5, 0.6) is 0 Å². The van der Waals surface area contributed by atoms with Crippen molar-refractivity contribution in [3.05, 3.63) is 0 Å². The second-order valence-corrected chi connectivity index (χ2v) is 4.09. The zero-order chi connectivity index (χ0) is 11.7. The molecule has 80 valence electrons. The van der Waals surface area contributed by atoms with E-state index in [2.05, 4.69) is 0 Å². The molecule has 10 nitrogen and oxygen atoms in total. The maximum atomic E-state index is 8.63. The second kappa shape index (κ2) is 33.5. The van der Waals surface area contributed by atoms with Gasteiger partial charge in [0.25, 0.3) is 0 Å². The fraction of sp³-hybridized carbons (Fsp3) is 0. The molecular weight excluding hydrogens is 450 g/mol. The molecule has 0 aliphatic rings. The van der Waals surface area contributed by atoms with Crippen molar-refractivity contribution < 1.29 is 220 Å². The number of hydrogen-bond donors (Lipinski definition) is 0. The van der Waals surface area contributed by atoms with E-state index >= 15 is 0 Å². The van der Waals surface area contributed by atoms with Gasteiger partial charge in [-0.25, -0.2) is 0 Å². The predicted octanol–water partition coefficient (Wildman–Crippen LogP) is -21.9. The summed E-state index contributed by atoms with van der Waals surface area (Å²) < 4.78 is 68.7. The molecule has 0 fully saturated rings. The molecule has 0 aromatic heterocycles. The molecule has 0 atom stereocenters. The van der Waals surface area contributed by atoms with Gasteiger partial charge in [0.1, 0.15) is 0 Å². The van der Waals surface area contributed by atoms with Crippen molar-refractivity contribution in [3.8, 4) is 0 Å². The Bertz CT molecular complexity index is 277. The monoisotopic (exact) mass is 452 g/mol. The van der Waals surface area contributed by atoms with Crippen molar-refractivity contribution in [1.82, 2.24) is 0 Å². The van der Waals surface area contributed by atoms with Gasteiger partial charge in [0.2, 0.25) is 0 Å². The minimum atomic E-state index is -6.02. The Morgan fingerprint density at radius 2 is 0.833 bits per heavy atom. The van der Waals surface area contributed by atoms with Gasteiger partial charge in [-0.05, 0) is 0 Å². The first-order chi connectivity index (χ1) is 5.46. The summed E-state index contributed by atoms with van der Waals surface area (Å²) in [6.45, 7) is 0. The van der Waals surface area contributed by atoms with E-state index < -0.39 is 41.3 Å². The predicted molar refractivity (Wildman–Crippen MR) is 9.19 cm³/mol. The molecule has 0 aromatic carbocycles. The van der Waals surface area contributed by atoms with Gasteiger partial charge in [0.15, 0.2) is 0 Å². The topological polar surface area (TPSA) is 201 Å².